The van der Waals surface area contributed by atoms with Gasteiger partial charge in [-0.05, 0) is 20.8 Å². The fraction of sp³-hybridized carbons (Fsp3) is 0.692. The van der Waals surface area contributed by atoms with Crippen LogP contribution in [0.2, 0.25) is 0 Å². The number of nitrogens with zero attached hydrogens (tertiary/aromatic N) is 4. The number of aryl methyl sites for hydroxylation is 1. The van der Waals surface area contributed by atoms with Crippen molar-refractivity contribution in [3.05, 3.63) is 11.8 Å². The Labute approximate surface area is 119 Å². The molecule has 4 N–H and O–H groups in total. The fourth-order valence-electron chi connectivity index (χ4n) is 2.46. The Morgan fingerprint density at radius 1 is 1.30 bits per heavy atom. The molecule has 0 radical (unpaired) electrons. The van der Waals surface area contributed by atoms with Crippen LogP contribution in [0.1, 0.15) is 19.5 Å². The van der Waals surface area contributed by atoms with E-state index in [1.807, 2.05) is 26.8 Å². The van der Waals surface area contributed by atoms with Gasteiger partial charge in [0.05, 0.1) is 5.60 Å². The van der Waals surface area contributed by atoms with Gasteiger partial charge in [-0.1, -0.05) is 0 Å². The van der Waals surface area contributed by atoms with E-state index in [0.29, 0.717) is 12.5 Å². The maximum absolute atomic E-state index is 9.86. The van der Waals surface area contributed by atoms with Gasteiger partial charge in [0.1, 0.15) is 5.82 Å². The molecule has 0 spiro atoms. The van der Waals surface area contributed by atoms with Crippen molar-refractivity contribution in [2.75, 3.05) is 43.0 Å². The number of hydrazine groups is 1. The van der Waals surface area contributed by atoms with Crippen molar-refractivity contribution in [3.8, 4) is 0 Å². The standard InChI is InChI=1S/C13H24N6O/c1-10-8-11(16-12(15-10)17-14)19-6-4-18(5-7-19)9-13(2,3)20/h8,20H,4-7,9,14H2,1-3H3,(H,15,16,17). The lowest BCUT2D eigenvalue weighted by Gasteiger charge is -2.37. The van der Waals surface area contributed by atoms with Crippen LogP contribution in [0.15, 0.2) is 6.07 Å². The number of hydrogen-bond donors (Lipinski definition) is 3. The number of nitrogens with two attached hydrogens (primary N) is 1. The Bertz CT molecular complexity index is 451. The van der Waals surface area contributed by atoms with Gasteiger partial charge in [0.2, 0.25) is 5.95 Å². The average Bonchev–Trinajstić information content (AvgIpc) is 2.37. The second kappa shape index (κ2) is 5.90. The second-order valence-corrected chi connectivity index (χ2v) is 5.91. The summed E-state index contributed by atoms with van der Waals surface area (Å²) in [6, 6.07) is 1.96. The van der Waals surface area contributed by atoms with Crippen LogP contribution in [0.5, 0.6) is 0 Å². The first-order valence-corrected chi connectivity index (χ1v) is 6.89. The molecule has 7 nitrogen and oxygen atoms in total. The minimum Gasteiger partial charge on any atom is -0.389 e. The highest BCUT2D eigenvalue weighted by molar-refractivity contribution is 5.44. The first-order valence-electron chi connectivity index (χ1n) is 6.89. The van der Waals surface area contributed by atoms with E-state index in [2.05, 4.69) is 25.2 Å². The number of anilines is 2. The van der Waals surface area contributed by atoms with Crippen molar-refractivity contribution in [1.29, 1.82) is 0 Å². The van der Waals surface area contributed by atoms with Gasteiger partial charge in [0.15, 0.2) is 0 Å². The molecule has 1 fully saturated rings. The minimum atomic E-state index is -0.648. The minimum absolute atomic E-state index is 0.443. The van der Waals surface area contributed by atoms with E-state index < -0.39 is 5.60 Å². The van der Waals surface area contributed by atoms with E-state index >= 15 is 0 Å². The maximum Gasteiger partial charge on any atom is 0.239 e. The molecule has 1 aliphatic rings. The Hall–Kier alpha value is -1.44. The summed E-state index contributed by atoms with van der Waals surface area (Å²) in [6.45, 7) is 9.90. The van der Waals surface area contributed by atoms with E-state index in [4.69, 9.17) is 5.84 Å². The number of piperazine rings is 1. The summed E-state index contributed by atoms with van der Waals surface area (Å²) < 4.78 is 0. The molecule has 0 aliphatic carbocycles. The van der Waals surface area contributed by atoms with Crippen LogP contribution in [0.3, 0.4) is 0 Å². The molecule has 2 heterocycles. The third-order valence-corrected chi connectivity index (χ3v) is 3.28. The molecular formula is C13H24N6O. The first kappa shape index (κ1) is 15.0. The molecule has 1 aliphatic heterocycles. The van der Waals surface area contributed by atoms with Crippen molar-refractivity contribution >= 4 is 11.8 Å². The van der Waals surface area contributed by atoms with Crippen molar-refractivity contribution in [1.82, 2.24) is 14.9 Å². The number of nitrogens with one attached hydrogen (secondary N) is 1. The Morgan fingerprint density at radius 2 is 1.95 bits per heavy atom. The normalized spacial score (nSPS) is 17.4. The summed E-state index contributed by atoms with van der Waals surface area (Å²) >= 11 is 0. The molecule has 0 unspecified atom stereocenters. The van der Waals surface area contributed by atoms with Gasteiger partial charge in [0, 0.05) is 44.5 Å². The van der Waals surface area contributed by atoms with Gasteiger partial charge in [-0.2, -0.15) is 4.98 Å². The molecule has 0 amide bonds. The van der Waals surface area contributed by atoms with E-state index in [9.17, 15) is 5.11 Å². The van der Waals surface area contributed by atoms with E-state index in [-0.39, 0.29) is 0 Å². The fourth-order valence-corrected chi connectivity index (χ4v) is 2.46. The van der Waals surface area contributed by atoms with Crippen LogP contribution in [0.4, 0.5) is 11.8 Å². The van der Waals surface area contributed by atoms with Gasteiger partial charge in [0.25, 0.3) is 0 Å². The van der Waals surface area contributed by atoms with Crippen LogP contribution in [-0.4, -0.2) is 58.3 Å². The predicted molar refractivity (Wildman–Crippen MR) is 79.5 cm³/mol. The van der Waals surface area contributed by atoms with Gasteiger partial charge in [-0.25, -0.2) is 10.8 Å². The van der Waals surface area contributed by atoms with Crippen LogP contribution in [-0.2, 0) is 0 Å². The largest absolute Gasteiger partial charge is 0.389 e. The third kappa shape index (κ3) is 4.03. The number of aliphatic hydroxyl groups is 1. The van der Waals surface area contributed by atoms with Gasteiger partial charge in [-0.3, -0.25) is 10.3 Å². The second-order valence-electron chi connectivity index (χ2n) is 5.91. The number of aromatic nitrogens is 2. The zero-order valence-corrected chi connectivity index (χ0v) is 12.4. The quantitative estimate of drug-likeness (QED) is 0.527. The molecule has 2 rings (SSSR count). The summed E-state index contributed by atoms with van der Waals surface area (Å²) in [6.07, 6.45) is 0. The summed E-state index contributed by atoms with van der Waals surface area (Å²) in [5.74, 6) is 6.72. The summed E-state index contributed by atoms with van der Waals surface area (Å²) in [5.41, 5.74) is 2.74. The number of nitrogen functional groups attached to an aromatic ring is 1. The Balaban J connectivity index is 1.98. The SMILES string of the molecule is Cc1cc(N2CCN(CC(C)(C)O)CC2)nc(NN)n1. The van der Waals surface area contributed by atoms with Crippen LogP contribution in [0, 0.1) is 6.92 Å². The molecule has 0 bridgehead atoms. The number of β-amino-alcohol motifs (C(OH)–C–C–N with tert-alkyl or cyclic N) is 1. The molecule has 7 heteroatoms. The zero-order valence-electron chi connectivity index (χ0n) is 12.4. The summed E-state index contributed by atoms with van der Waals surface area (Å²) in [4.78, 5) is 13.1. The highest BCUT2D eigenvalue weighted by Crippen LogP contribution is 2.17. The first-order chi connectivity index (χ1) is 9.37. The lowest BCUT2D eigenvalue weighted by atomic mass is 10.1. The molecule has 20 heavy (non-hydrogen) atoms. The third-order valence-electron chi connectivity index (χ3n) is 3.28. The smallest absolute Gasteiger partial charge is 0.239 e. The van der Waals surface area contributed by atoms with E-state index in [1.54, 1.807) is 0 Å². The monoisotopic (exact) mass is 280 g/mol. The number of rotatable bonds is 4. The van der Waals surface area contributed by atoms with Crippen LogP contribution in [0.25, 0.3) is 0 Å². The van der Waals surface area contributed by atoms with Crippen molar-refractivity contribution in [3.63, 3.8) is 0 Å². The topological polar surface area (TPSA) is 90.5 Å². The van der Waals surface area contributed by atoms with E-state index in [0.717, 1.165) is 37.7 Å². The van der Waals surface area contributed by atoms with E-state index in [1.165, 1.54) is 0 Å². The molecule has 1 saturated heterocycles. The summed E-state index contributed by atoms with van der Waals surface area (Å²) in [5, 5.41) is 9.86. The lowest BCUT2D eigenvalue weighted by Crippen LogP contribution is -2.50. The Kier molecular flexibility index (Phi) is 4.42. The molecule has 1 aromatic heterocycles. The molecule has 0 aromatic carbocycles. The predicted octanol–water partition coefficient (Wildman–Crippen LogP) is -0.0365. The zero-order chi connectivity index (χ0) is 14.8. The van der Waals surface area contributed by atoms with Gasteiger partial charge >= 0.3 is 0 Å². The molecule has 0 saturated carbocycles. The van der Waals surface area contributed by atoms with Crippen molar-refractivity contribution < 1.29 is 5.11 Å². The lowest BCUT2D eigenvalue weighted by molar-refractivity contribution is 0.0344. The van der Waals surface area contributed by atoms with Crippen LogP contribution >= 0.6 is 0 Å². The van der Waals surface area contributed by atoms with Crippen molar-refractivity contribution in [2.24, 2.45) is 5.84 Å². The van der Waals surface area contributed by atoms with Gasteiger partial charge in [-0.15, -0.1) is 0 Å². The highest BCUT2D eigenvalue weighted by atomic mass is 16.3. The molecule has 1 aromatic rings. The maximum atomic E-state index is 9.86. The van der Waals surface area contributed by atoms with Gasteiger partial charge < -0.3 is 10.0 Å². The van der Waals surface area contributed by atoms with Crippen LogP contribution < -0.4 is 16.2 Å². The number of hydrogen-bond acceptors (Lipinski definition) is 7. The van der Waals surface area contributed by atoms with Crippen molar-refractivity contribution in [2.45, 2.75) is 26.4 Å². The molecule has 0 atom stereocenters. The highest BCUT2D eigenvalue weighted by Gasteiger charge is 2.23. The average molecular weight is 280 g/mol. The summed E-state index contributed by atoms with van der Waals surface area (Å²) in [7, 11) is 0. The molecule has 112 valence electrons. The molecular weight excluding hydrogens is 256 g/mol. The Morgan fingerprint density at radius 3 is 2.50 bits per heavy atom.